The van der Waals surface area contributed by atoms with Crippen LogP contribution in [-0.4, -0.2) is 46.8 Å². The third-order valence-electron chi connectivity index (χ3n) is 3.59. The number of ether oxygens (including phenoxy) is 1. The van der Waals surface area contributed by atoms with E-state index in [0.29, 0.717) is 25.6 Å². The van der Waals surface area contributed by atoms with Gasteiger partial charge in [0.2, 0.25) is 5.91 Å². The molecular weight excluding hydrogens is 334 g/mol. The van der Waals surface area contributed by atoms with Gasteiger partial charge in [0.1, 0.15) is 24.4 Å². The monoisotopic (exact) mass is 359 g/mol. The lowest BCUT2D eigenvalue weighted by molar-refractivity contribution is -0.120. The molecule has 0 atom stereocenters. The molecule has 140 valence electrons. The van der Waals surface area contributed by atoms with Crippen molar-refractivity contribution in [2.45, 2.75) is 20.0 Å². The molecule has 26 heavy (non-hydrogen) atoms. The van der Waals surface area contributed by atoms with E-state index in [9.17, 15) is 4.79 Å². The molecule has 0 saturated heterocycles. The van der Waals surface area contributed by atoms with Gasteiger partial charge in [-0.15, -0.1) is 0 Å². The number of carbonyl (C=O) groups excluding carboxylic acids is 1. The molecule has 0 aliphatic heterocycles. The minimum Gasteiger partial charge on any atom is -0.497 e. The molecule has 3 N–H and O–H groups in total. The second-order valence-electron chi connectivity index (χ2n) is 5.47. The number of aromatic nitrogens is 3. The lowest BCUT2D eigenvalue weighted by atomic mass is 10.2. The Kier molecular flexibility index (Phi) is 7.41. The van der Waals surface area contributed by atoms with Crippen molar-refractivity contribution in [1.82, 2.24) is 30.7 Å². The third kappa shape index (κ3) is 6.08. The number of hydrogen-bond acceptors (Lipinski definition) is 5. The molecule has 1 aromatic heterocycles. The van der Waals surface area contributed by atoms with Gasteiger partial charge in [0.15, 0.2) is 5.96 Å². The van der Waals surface area contributed by atoms with Crippen LogP contribution in [0.2, 0.25) is 0 Å². The summed E-state index contributed by atoms with van der Waals surface area (Å²) in [6.07, 6.45) is 1.48. The summed E-state index contributed by atoms with van der Waals surface area (Å²) in [6.45, 7) is 3.61. The fraction of sp³-hybridized carbons (Fsp3) is 0.412. The predicted molar refractivity (Wildman–Crippen MR) is 98.7 cm³/mol. The first kappa shape index (κ1) is 19.2. The molecule has 0 fully saturated rings. The van der Waals surface area contributed by atoms with E-state index in [2.05, 4.69) is 31.0 Å². The molecule has 0 radical (unpaired) electrons. The van der Waals surface area contributed by atoms with Crippen LogP contribution < -0.4 is 20.7 Å². The average molecular weight is 359 g/mol. The quantitative estimate of drug-likeness (QED) is 0.459. The number of nitrogens with zero attached hydrogens (tertiary/aromatic N) is 4. The van der Waals surface area contributed by atoms with Crippen molar-refractivity contribution in [2.75, 3.05) is 20.2 Å². The van der Waals surface area contributed by atoms with Crippen molar-refractivity contribution < 1.29 is 9.53 Å². The first-order valence-corrected chi connectivity index (χ1v) is 8.37. The van der Waals surface area contributed by atoms with E-state index in [-0.39, 0.29) is 12.5 Å². The highest BCUT2D eigenvalue weighted by Crippen LogP contribution is 2.10. The van der Waals surface area contributed by atoms with Crippen LogP contribution in [0.15, 0.2) is 35.6 Å². The Morgan fingerprint density at radius 2 is 2.00 bits per heavy atom. The van der Waals surface area contributed by atoms with Gasteiger partial charge in [0.05, 0.1) is 13.7 Å². The molecule has 0 saturated carbocycles. The molecule has 1 aromatic carbocycles. The molecule has 0 bridgehead atoms. The molecular formula is C17H25N7O2. The number of hydrogen-bond donors (Lipinski definition) is 3. The predicted octanol–water partition coefficient (Wildman–Crippen LogP) is 0.195. The van der Waals surface area contributed by atoms with E-state index in [1.807, 2.05) is 38.2 Å². The van der Waals surface area contributed by atoms with Gasteiger partial charge in [-0.25, -0.2) is 9.98 Å². The molecule has 9 nitrogen and oxygen atoms in total. The zero-order valence-electron chi connectivity index (χ0n) is 15.3. The van der Waals surface area contributed by atoms with Crippen LogP contribution >= 0.6 is 0 Å². The average Bonchev–Trinajstić information content (AvgIpc) is 3.07. The van der Waals surface area contributed by atoms with Crippen LogP contribution in [-0.2, 0) is 24.9 Å². The van der Waals surface area contributed by atoms with Crippen LogP contribution in [0, 0.1) is 0 Å². The summed E-state index contributed by atoms with van der Waals surface area (Å²) >= 11 is 0. The molecule has 0 spiro atoms. The Balaban J connectivity index is 1.79. The highest BCUT2D eigenvalue weighted by atomic mass is 16.5. The summed E-state index contributed by atoms with van der Waals surface area (Å²) in [6, 6.07) is 7.56. The van der Waals surface area contributed by atoms with Gasteiger partial charge in [-0.3, -0.25) is 9.48 Å². The zero-order valence-corrected chi connectivity index (χ0v) is 15.3. The number of guanidine groups is 1. The third-order valence-corrected chi connectivity index (χ3v) is 3.59. The summed E-state index contributed by atoms with van der Waals surface area (Å²) < 4.78 is 6.77. The Hall–Kier alpha value is -3.10. The molecule has 0 aliphatic rings. The summed E-state index contributed by atoms with van der Waals surface area (Å²) in [5, 5.41) is 13.0. The smallest absolute Gasteiger partial charge is 0.239 e. The largest absolute Gasteiger partial charge is 0.497 e. The van der Waals surface area contributed by atoms with Crippen molar-refractivity contribution in [3.63, 3.8) is 0 Å². The molecule has 2 rings (SSSR count). The highest BCUT2D eigenvalue weighted by Gasteiger charge is 2.05. The normalized spacial score (nSPS) is 11.1. The topological polar surface area (TPSA) is 105 Å². The van der Waals surface area contributed by atoms with Gasteiger partial charge in [0, 0.05) is 20.1 Å². The number of aliphatic imine (C=N–C) groups is 1. The number of benzene rings is 1. The van der Waals surface area contributed by atoms with Gasteiger partial charge in [0.25, 0.3) is 0 Å². The number of aryl methyl sites for hydroxylation is 1. The van der Waals surface area contributed by atoms with Crippen LogP contribution in [0.3, 0.4) is 0 Å². The molecule has 1 heterocycles. The number of methoxy groups -OCH3 is 1. The zero-order chi connectivity index (χ0) is 18.8. The maximum absolute atomic E-state index is 12.0. The second kappa shape index (κ2) is 10.0. The maximum Gasteiger partial charge on any atom is 0.239 e. The van der Waals surface area contributed by atoms with Crippen LogP contribution in [0.1, 0.15) is 18.3 Å². The fourth-order valence-electron chi connectivity index (χ4n) is 2.13. The maximum atomic E-state index is 12.0. The van der Waals surface area contributed by atoms with E-state index in [4.69, 9.17) is 4.74 Å². The lowest BCUT2D eigenvalue weighted by Crippen LogP contribution is -2.43. The summed E-state index contributed by atoms with van der Waals surface area (Å²) in [5.74, 6) is 1.96. The van der Waals surface area contributed by atoms with E-state index >= 15 is 0 Å². The van der Waals surface area contributed by atoms with E-state index < -0.39 is 0 Å². The SMILES string of the molecule is CCNC(=NCc1ncnn1C)NCC(=O)NCc1ccc(OC)cc1. The molecule has 1 amide bonds. The van der Waals surface area contributed by atoms with E-state index in [1.165, 1.54) is 6.33 Å². The van der Waals surface area contributed by atoms with Gasteiger partial charge >= 0.3 is 0 Å². The number of carbonyl (C=O) groups is 1. The molecule has 9 heteroatoms. The van der Waals surface area contributed by atoms with Crippen molar-refractivity contribution in [3.05, 3.63) is 42.0 Å². The summed E-state index contributed by atoms with van der Waals surface area (Å²) in [7, 11) is 3.43. The highest BCUT2D eigenvalue weighted by molar-refractivity contribution is 5.86. The van der Waals surface area contributed by atoms with Crippen LogP contribution in [0.4, 0.5) is 0 Å². The minimum atomic E-state index is -0.120. The number of nitrogens with one attached hydrogen (secondary N) is 3. The number of rotatable bonds is 8. The standard InChI is InChI=1S/C17H25N7O2/c1-4-18-17(20-10-15-22-12-23-24(15)2)21-11-16(25)19-9-13-5-7-14(26-3)8-6-13/h5-8,12H,4,9-11H2,1-3H3,(H,19,25)(H2,18,20,21). The summed E-state index contributed by atoms with van der Waals surface area (Å²) in [5.41, 5.74) is 1.00. The lowest BCUT2D eigenvalue weighted by Gasteiger charge is -2.11. The Bertz CT molecular complexity index is 725. The van der Waals surface area contributed by atoms with Gasteiger partial charge < -0.3 is 20.7 Å². The summed E-state index contributed by atoms with van der Waals surface area (Å²) in [4.78, 5) is 20.6. The molecule has 2 aromatic rings. The Labute approximate surface area is 152 Å². The van der Waals surface area contributed by atoms with Crippen molar-refractivity contribution in [2.24, 2.45) is 12.0 Å². The van der Waals surface area contributed by atoms with E-state index in [0.717, 1.165) is 17.1 Å². The molecule has 0 unspecified atom stereocenters. The van der Waals surface area contributed by atoms with Crippen molar-refractivity contribution in [1.29, 1.82) is 0 Å². The number of amides is 1. The Morgan fingerprint density at radius 3 is 2.62 bits per heavy atom. The first-order valence-electron chi connectivity index (χ1n) is 8.37. The van der Waals surface area contributed by atoms with Gasteiger partial charge in [-0.2, -0.15) is 5.10 Å². The fourth-order valence-corrected chi connectivity index (χ4v) is 2.13. The minimum absolute atomic E-state index is 0.120. The van der Waals surface area contributed by atoms with E-state index in [1.54, 1.807) is 11.8 Å². The first-order chi connectivity index (χ1) is 12.6. The van der Waals surface area contributed by atoms with Crippen molar-refractivity contribution in [3.8, 4) is 5.75 Å². The second-order valence-corrected chi connectivity index (χ2v) is 5.47. The van der Waals surface area contributed by atoms with Crippen LogP contribution in [0.25, 0.3) is 0 Å². The molecule has 0 aliphatic carbocycles. The Morgan fingerprint density at radius 1 is 1.23 bits per heavy atom. The van der Waals surface area contributed by atoms with Gasteiger partial charge in [-0.1, -0.05) is 12.1 Å². The van der Waals surface area contributed by atoms with Gasteiger partial charge in [-0.05, 0) is 24.6 Å². The van der Waals surface area contributed by atoms with Crippen molar-refractivity contribution >= 4 is 11.9 Å². The van der Waals surface area contributed by atoms with Crippen LogP contribution in [0.5, 0.6) is 5.75 Å².